The molecule has 0 spiro atoms. The van der Waals surface area contributed by atoms with Crippen LogP contribution in [-0.2, 0) is 9.47 Å². The van der Waals surface area contributed by atoms with Gasteiger partial charge in [-0.2, -0.15) is 11.8 Å². The molecule has 0 aromatic heterocycles. The summed E-state index contributed by atoms with van der Waals surface area (Å²) in [5, 5.41) is 6.44. The van der Waals surface area contributed by atoms with Gasteiger partial charge in [-0.1, -0.05) is 13.8 Å². The van der Waals surface area contributed by atoms with Gasteiger partial charge in [-0.3, -0.25) is 4.99 Å². The van der Waals surface area contributed by atoms with Gasteiger partial charge in [0.2, 0.25) is 0 Å². The highest BCUT2D eigenvalue weighted by Gasteiger charge is 2.32. The monoisotopic (exact) mass is 572 g/mol. The first-order valence-corrected chi connectivity index (χ1v) is 12.4. The fraction of sp³-hybridized carbons (Fsp3) is 0.909. The number of alkyl carbamates (subject to hydrolysis) is 1. The quantitative estimate of drug-likeness (QED) is 0.243. The molecule has 0 aliphatic carbocycles. The van der Waals surface area contributed by atoms with E-state index in [0.717, 1.165) is 58.1 Å². The van der Waals surface area contributed by atoms with Gasteiger partial charge in [0.25, 0.3) is 0 Å². The summed E-state index contributed by atoms with van der Waals surface area (Å²) in [5.41, 5.74) is -0.495. The summed E-state index contributed by atoms with van der Waals surface area (Å²) < 4.78 is 11.1. The summed E-state index contributed by atoms with van der Waals surface area (Å²) in [6.45, 7) is 16.0. The smallest absolute Gasteiger partial charge is 0.407 e. The van der Waals surface area contributed by atoms with Crippen LogP contribution in [0, 0.1) is 5.92 Å². The van der Waals surface area contributed by atoms with Gasteiger partial charge in [0.15, 0.2) is 5.96 Å². The Labute approximate surface area is 211 Å². The third-order valence-electron chi connectivity index (χ3n) is 5.33. The van der Waals surface area contributed by atoms with Crippen molar-refractivity contribution in [3.05, 3.63) is 0 Å². The zero-order valence-electron chi connectivity index (χ0n) is 20.7. The highest BCUT2D eigenvalue weighted by atomic mass is 127. The van der Waals surface area contributed by atoms with Crippen LogP contribution < -0.4 is 10.6 Å². The lowest BCUT2D eigenvalue weighted by atomic mass is 9.99. The van der Waals surface area contributed by atoms with Crippen molar-refractivity contribution in [3.8, 4) is 0 Å². The number of carbonyl (C=O) groups excluding carboxylic acids is 1. The second-order valence-electron chi connectivity index (χ2n) is 9.38. The highest BCUT2D eigenvalue weighted by molar-refractivity contribution is 14.0. The predicted molar refractivity (Wildman–Crippen MR) is 143 cm³/mol. The Balaban J connectivity index is 0.00000900. The number of hydrogen-bond donors (Lipinski definition) is 2. The molecule has 0 aromatic carbocycles. The van der Waals surface area contributed by atoms with Crippen LogP contribution in [0.15, 0.2) is 4.99 Å². The van der Waals surface area contributed by atoms with Gasteiger partial charge in [-0.25, -0.2) is 4.79 Å². The number of nitrogens with one attached hydrogen (secondary N) is 2. The lowest BCUT2D eigenvalue weighted by molar-refractivity contribution is 0.0485. The van der Waals surface area contributed by atoms with Crippen LogP contribution >= 0.6 is 35.7 Å². The maximum absolute atomic E-state index is 12.2. The molecule has 0 bridgehead atoms. The number of nitrogens with zero attached hydrogens (tertiary/aromatic N) is 2. The van der Waals surface area contributed by atoms with E-state index in [1.54, 1.807) is 0 Å². The molecule has 1 amide bonds. The Bertz CT molecular complexity index is 549. The summed E-state index contributed by atoms with van der Waals surface area (Å²) in [6, 6.07) is 0.0400. The summed E-state index contributed by atoms with van der Waals surface area (Å²) >= 11 is 1.90. The number of ether oxygens (including phenoxy) is 2. The van der Waals surface area contributed by atoms with E-state index in [4.69, 9.17) is 14.5 Å². The lowest BCUT2D eigenvalue weighted by Gasteiger charge is -2.35. The number of hydrogen-bond acceptors (Lipinski definition) is 5. The van der Waals surface area contributed by atoms with Crippen molar-refractivity contribution in [3.63, 3.8) is 0 Å². The molecule has 31 heavy (non-hydrogen) atoms. The fourth-order valence-electron chi connectivity index (χ4n) is 3.33. The fourth-order valence-corrected chi connectivity index (χ4v) is 4.10. The molecule has 1 heterocycles. The van der Waals surface area contributed by atoms with Crippen molar-refractivity contribution in [2.45, 2.75) is 77.2 Å². The number of carbonyl (C=O) groups is 1. The SMILES string of the molecule is CCNC(=NCC1(SC)CCOCC1)N(C)CCC(NC(=O)OC(C)(C)C)C(C)C.I. The van der Waals surface area contributed by atoms with E-state index in [1.165, 1.54) is 0 Å². The number of thioether (sulfide) groups is 1. The van der Waals surface area contributed by atoms with Crippen molar-refractivity contribution < 1.29 is 14.3 Å². The standard InChI is InChI=1S/C22H44N4O3S.HI/c1-9-23-19(24-16-22(30-8)11-14-28-15-12-22)26(7)13-10-18(17(2)3)25-20(27)29-21(4,5)6;/h17-18H,9-16H2,1-8H3,(H,23,24)(H,25,27);1H. The molecule has 1 saturated heterocycles. The van der Waals surface area contributed by atoms with Crippen molar-refractivity contribution in [1.29, 1.82) is 0 Å². The minimum absolute atomic E-state index is 0. The molecule has 1 rings (SSSR count). The zero-order chi connectivity index (χ0) is 22.8. The van der Waals surface area contributed by atoms with Gasteiger partial charge < -0.3 is 25.0 Å². The molecule has 9 heteroatoms. The van der Waals surface area contributed by atoms with Crippen LogP contribution in [0.2, 0.25) is 0 Å². The first-order valence-electron chi connectivity index (χ1n) is 11.1. The first kappa shape index (κ1) is 30.6. The van der Waals surface area contributed by atoms with E-state index in [2.05, 4.69) is 49.6 Å². The Kier molecular flexibility index (Phi) is 14.5. The average molecular weight is 573 g/mol. The Hall–Kier alpha value is -0.420. The van der Waals surface area contributed by atoms with Crippen LogP contribution in [0.4, 0.5) is 4.79 Å². The Morgan fingerprint density at radius 2 is 1.90 bits per heavy atom. The molecular formula is C22H45IN4O3S. The lowest BCUT2D eigenvalue weighted by Crippen LogP contribution is -2.46. The van der Waals surface area contributed by atoms with Crippen LogP contribution in [0.25, 0.3) is 0 Å². The van der Waals surface area contributed by atoms with E-state index in [0.29, 0.717) is 5.92 Å². The topological polar surface area (TPSA) is 75.2 Å². The normalized spacial score (nSPS) is 17.5. The molecule has 184 valence electrons. The van der Waals surface area contributed by atoms with E-state index in [1.807, 2.05) is 32.5 Å². The van der Waals surface area contributed by atoms with Gasteiger partial charge in [0, 0.05) is 44.1 Å². The van der Waals surface area contributed by atoms with E-state index < -0.39 is 5.60 Å². The van der Waals surface area contributed by atoms with Gasteiger partial charge in [-0.15, -0.1) is 24.0 Å². The Morgan fingerprint density at radius 1 is 1.29 bits per heavy atom. The number of rotatable bonds is 9. The number of halogens is 1. The number of aliphatic imine (C=N–C) groups is 1. The molecule has 1 aliphatic heterocycles. The molecule has 7 nitrogen and oxygen atoms in total. The van der Waals surface area contributed by atoms with Crippen molar-refractivity contribution in [2.75, 3.05) is 46.2 Å². The summed E-state index contributed by atoms with van der Waals surface area (Å²) in [5.74, 6) is 1.23. The van der Waals surface area contributed by atoms with E-state index in [9.17, 15) is 4.79 Å². The predicted octanol–water partition coefficient (Wildman–Crippen LogP) is 4.35. The third kappa shape index (κ3) is 11.8. The van der Waals surface area contributed by atoms with Crippen LogP contribution in [0.5, 0.6) is 0 Å². The average Bonchev–Trinajstić information content (AvgIpc) is 2.67. The molecule has 1 atom stereocenters. The van der Waals surface area contributed by atoms with Crippen LogP contribution in [0.3, 0.4) is 0 Å². The van der Waals surface area contributed by atoms with Crippen molar-refractivity contribution in [1.82, 2.24) is 15.5 Å². The number of amides is 1. The molecule has 0 saturated carbocycles. The van der Waals surface area contributed by atoms with Crippen molar-refractivity contribution in [2.24, 2.45) is 10.9 Å². The molecule has 1 aliphatic rings. The highest BCUT2D eigenvalue weighted by Crippen LogP contribution is 2.34. The molecule has 1 unspecified atom stereocenters. The molecule has 1 fully saturated rings. The summed E-state index contributed by atoms with van der Waals surface area (Å²) in [6.07, 6.45) is 4.71. The maximum atomic E-state index is 12.2. The number of guanidine groups is 1. The summed E-state index contributed by atoms with van der Waals surface area (Å²) in [4.78, 5) is 19.3. The van der Waals surface area contributed by atoms with Gasteiger partial charge >= 0.3 is 6.09 Å². The molecule has 2 N–H and O–H groups in total. The van der Waals surface area contributed by atoms with E-state index in [-0.39, 0.29) is 40.9 Å². The third-order valence-corrected chi connectivity index (χ3v) is 6.74. The zero-order valence-corrected chi connectivity index (χ0v) is 23.9. The maximum Gasteiger partial charge on any atom is 0.407 e. The molecular weight excluding hydrogens is 527 g/mol. The molecule has 0 radical (unpaired) electrons. The minimum atomic E-state index is -0.495. The van der Waals surface area contributed by atoms with Crippen LogP contribution in [0.1, 0.15) is 60.8 Å². The molecule has 0 aromatic rings. The van der Waals surface area contributed by atoms with Gasteiger partial charge in [0.1, 0.15) is 5.60 Å². The van der Waals surface area contributed by atoms with Gasteiger partial charge in [0.05, 0.1) is 6.54 Å². The second-order valence-corrected chi connectivity index (χ2v) is 10.7. The first-order chi connectivity index (χ1) is 14.0. The Morgan fingerprint density at radius 3 is 2.39 bits per heavy atom. The summed E-state index contributed by atoms with van der Waals surface area (Å²) in [7, 11) is 2.06. The largest absolute Gasteiger partial charge is 0.444 e. The second kappa shape index (κ2) is 14.7. The minimum Gasteiger partial charge on any atom is -0.444 e. The van der Waals surface area contributed by atoms with Gasteiger partial charge in [-0.05, 0) is 59.1 Å². The van der Waals surface area contributed by atoms with Crippen molar-refractivity contribution >= 4 is 47.8 Å². The van der Waals surface area contributed by atoms with Crippen LogP contribution in [-0.4, -0.2) is 79.5 Å². The van der Waals surface area contributed by atoms with E-state index >= 15 is 0 Å².